The number of hydrogen-bond acceptors (Lipinski definition) is 8. The monoisotopic (exact) mass is 425 g/mol. The summed E-state index contributed by atoms with van der Waals surface area (Å²) < 4.78 is 30.5. The topological polar surface area (TPSA) is 96.2 Å². The Balaban J connectivity index is 1.53. The summed E-state index contributed by atoms with van der Waals surface area (Å²) >= 11 is 0. The van der Waals surface area contributed by atoms with E-state index >= 15 is 0 Å². The molecule has 9 nitrogen and oxygen atoms in total. The van der Waals surface area contributed by atoms with Crippen LogP contribution in [0.4, 0.5) is 20.5 Å². The number of piperidine rings is 1. The van der Waals surface area contributed by atoms with E-state index in [1.54, 1.807) is 42.1 Å². The summed E-state index contributed by atoms with van der Waals surface area (Å²) in [6.07, 6.45) is 5.27. The average molecular weight is 425 g/mol. The molecule has 31 heavy (non-hydrogen) atoms. The Hall–Kier alpha value is -3.47. The van der Waals surface area contributed by atoms with Crippen molar-refractivity contribution in [1.82, 2.24) is 34.4 Å². The first kappa shape index (κ1) is 19.5. The Bertz CT molecular complexity index is 1260. The quantitative estimate of drug-likeness (QED) is 0.515. The minimum Gasteiger partial charge on any atom is -0.371 e. The van der Waals surface area contributed by atoms with Gasteiger partial charge in [-0.05, 0) is 31.7 Å². The smallest absolute Gasteiger partial charge is 0.280 e. The molecular formula is C20H21F2N9. The van der Waals surface area contributed by atoms with E-state index in [0.717, 1.165) is 5.56 Å². The van der Waals surface area contributed by atoms with Crippen LogP contribution in [0.25, 0.3) is 27.9 Å². The number of fused-ring (bicyclic) bond motifs is 2. The maximum absolute atomic E-state index is 14.5. The molecule has 0 saturated carbocycles. The van der Waals surface area contributed by atoms with Crippen LogP contribution in [0.15, 0.2) is 36.8 Å². The number of nitrogens with zero attached hydrogens (tertiary/aromatic N) is 7. The van der Waals surface area contributed by atoms with E-state index < -0.39 is 12.0 Å². The number of pyridine rings is 1. The maximum atomic E-state index is 14.5. The second-order valence-corrected chi connectivity index (χ2v) is 7.64. The van der Waals surface area contributed by atoms with Gasteiger partial charge >= 0.3 is 0 Å². The first-order valence-electron chi connectivity index (χ1n) is 9.93. The van der Waals surface area contributed by atoms with E-state index in [1.165, 1.54) is 0 Å². The van der Waals surface area contributed by atoms with Gasteiger partial charge in [0.2, 0.25) is 5.95 Å². The molecule has 0 unspecified atom stereocenters. The highest BCUT2D eigenvalue weighted by Gasteiger charge is 2.44. The number of nitrogens with one attached hydrogen (secondary N) is 2. The van der Waals surface area contributed by atoms with Crippen molar-refractivity contribution in [1.29, 1.82) is 0 Å². The van der Waals surface area contributed by atoms with Crippen molar-refractivity contribution in [3.63, 3.8) is 0 Å². The van der Waals surface area contributed by atoms with Crippen molar-refractivity contribution >= 4 is 28.4 Å². The molecule has 1 fully saturated rings. The second kappa shape index (κ2) is 7.34. The summed E-state index contributed by atoms with van der Waals surface area (Å²) in [6, 6.07) is 4.55. The van der Waals surface area contributed by atoms with Gasteiger partial charge in [-0.15, -0.1) is 5.10 Å². The zero-order valence-corrected chi connectivity index (χ0v) is 17.0. The van der Waals surface area contributed by atoms with Crippen LogP contribution in [0, 0.1) is 0 Å². The SMILES string of the molecule is CNc1nc(N[C@@H]2CCN(C)CC2(F)F)nn2ccc(-c3ccc4nccnc4n3)c12. The zero-order valence-electron chi connectivity index (χ0n) is 17.0. The van der Waals surface area contributed by atoms with Crippen molar-refractivity contribution in [2.24, 2.45) is 0 Å². The largest absolute Gasteiger partial charge is 0.371 e. The summed E-state index contributed by atoms with van der Waals surface area (Å²) in [5, 5.41) is 10.3. The fraction of sp³-hybridized carbons (Fsp3) is 0.350. The second-order valence-electron chi connectivity index (χ2n) is 7.64. The van der Waals surface area contributed by atoms with E-state index in [4.69, 9.17) is 0 Å². The van der Waals surface area contributed by atoms with Crippen LogP contribution < -0.4 is 10.6 Å². The minimum atomic E-state index is -2.87. The summed E-state index contributed by atoms with van der Waals surface area (Å²) in [4.78, 5) is 19.2. The fourth-order valence-electron chi connectivity index (χ4n) is 3.91. The molecule has 5 heterocycles. The van der Waals surface area contributed by atoms with Gasteiger partial charge < -0.3 is 15.5 Å². The first-order chi connectivity index (χ1) is 14.9. The van der Waals surface area contributed by atoms with Gasteiger partial charge in [-0.25, -0.2) is 23.3 Å². The van der Waals surface area contributed by atoms with E-state index in [9.17, 15) is 8.78 Å². The number of alkyl halides is 2. The van der Waals surface area contributed by atoms with Gasteiger partial charge in [0.05, 0.1) is 18.3 Å². The fourth-order valence-corrected chi connectivity index (χ4v) is 3.91. The van der Waals surface area contributed by atoms with Gasteiger partial charge in [-0.3, -0.25) is 4.98 Å². The lowest BCUT2D eigenvalue weighted by molar-refractivity contribution is -0.0675. The van der Waals surface area contributed by atoms with E-state index in [2.05, 4.69) is 35.7 Å². The Kier molecular flexibility index (Phi) is 4.62. The predicted molar refractivity (Wildman–Crippen MR) is 113 cm³/mol. The molecule has 1 aliphatic heterocycles. The summed E-state index contributed by atoms with van der Waals surface area (Å²) in [5.74, 6) is -2.22. The maximum Gasteiger partial charge on any atom is 0.280 e. The third-order valence-corrected chi connectivity index (χ3v) is 5.45. The molecule has 4 aromatic rings. The molecule has 0 radical (unpaired) electrons. The highest BCUT2D eigenvalue weighted by atomic mass is 19.3. The lowest BCUT2D eigenvalue weighted by Crippen LogP contribution is -2.53. The molecule has 11 heteroatoms. The third kappa shape index (κ3) is 3.50. The molecule has 0 spiro atoms. The van der Waals surface area contributed by atoms with Crippen molar-refractivity contribution in [3.05, 3.63) is 36.8 Å². The van der Waals surface area contributed by atoms with Crippen molar-refractivity contribution in [3.8, 4) is 11.3 Å². The zero-order chi connectivity index (χ0) is 21.6. The van der Waals surface area contributed by atoms with E-state index in [-0.39, 0.29) is 12.5 Å². The number of hydrogen-bond donors (Lipinski definition) is 2. The number of anilines is 2. The van der Waals surface area contributed by atoms with Crippen LogP contribution in [-0.4, -0.2) is 73.6 Å². The van der Waals surface area contributed by atoms with E-state index in [0.29, 0.717) is 41.2 Å². The lowest BCUT2D eigenvalue weighted by atomic mass is 10.0. The molecule has 1 aliphatic rings. The van der Waals surface area contributed by atoms with E-state index in [1.807, 2.05) is 18.2 Å². The normalized spacial score (nSPS) is 19.0. The third-order valence-electron chi connectivity index (χ3n) is 5.45. The molecule has 0 aliphatic carbocycles. The number of halogens is 2. The Morgan fingerprint density at radius 3 is 2.77 bits per heavy atom. The molecule has 4 aromatic heterocycles. The van der Waals surface area contributed by atoms with Crippen LogP contribution in [0.1, 0.15) is 6.42 Å². The Morgan fingerprint density at radius 2 is 1.97 bits per heavy atom. The summed E-state index contributed by atoms with van der Waals surface area (Å²) in [6.45, 7) is 0.286. The van der Waals surface area contributed by atoms with Gasteiger partial charge in [-0.2, -0.15) is 4.98 Å². The van der Waals surface area contributed by atoms with Crippen LogP contribution in [0.2, 0.25) is 0 Å². The van der Waals surface area contributed by atoms with Crippen molar-refractivity contribution in [2.75, 3.05) is 37.8 Å². The van der Waals surface area contributed by atoms with Gasteiger partial charge in [0.25, 0.3) is 5.92 Å². The van der Waals surface area contributed by atoms with Crippen molar-refractivity contribution in [2.45, 2.75) is 18.4 Å². The van der Waals surface area contributed by atoms with Crippen LogP contribution in [-0.2, 0) is 0 Å². The van der Waals surface area contributed by atoms with Crippen LogP contribution in [0.3, 0.4) is 0 Å². The molecule has 0 bridgehead atoms. The lowest BCUT2D eigenvalue weighted by Gasteiger charge is -2.36. The summed E-state index contributed by atoms with van der Waals surface area (Å²) in [7, 11) is 3.42. The van der Waals surface area contributed by atoms with Gasteiger partial charge in [0, 0.05) is 37.7 Å². The Morgan fingerprint density at radius 1 is 1.13 bits per heavy atom. The van der Waals surface area contributed by atoms with Gasteiger partial charge in [-0.1, -0.05) is 0 Å². The van der Waals surface area contributed by atoms with Crippen LogP contribution >= 0.6 is 0 Å². The molecule has 5 rings (SSSR count). The molecule has 2 N–H and O–H groups in total. The van der Waals surface area contributed by atoms with Crippen LogP contribution in [0.5, 0.6) is 0 Å². The highest BCUT2D eigenvalue weighted by molar-refractivity contribution is 5.89. The Labute approximate surface area is 176 Å². The molecule has 1 saturated heterocycles. The number of aromatic nitrogens is 6. The molecule has 0 aromatic carbocycles. The van der Waals surface area contributed by atoms with Crippen molar-refractivity contribution < 1.29 is 8.78 Å². The highest BCUT2D eigenvalue weighted by Crippen LogP contribution is 2.32. The average Bonchev–Trinajstić information content (AvgIpc) is 3.18. The minimum absolute atomic E-state index is 0.144. The summed E-state index contributed by atoms with van der Waals surface area (Å²) in [5.41, 5.74) is 3.42. The van der Waals surface area contributed by atoms with Gasteiger partial charge in [0.1, 0.15) is 11.0 Å². The number of likely N-dealkylation sites (tertiary alicyclic amines) is 1. The molecule has 160 valence electrons. The van der Waals surface area contributed by atoms with Gasteiger partial charge in [0.15, 0.2) is 11.5 Å². The molecule has 1 atom stereocenters. The predicted octanol–water partition coefficient (Wildman–Crippen LogP) is 2.53. The molecular weight excluding hydrogens is 404 g/mol. The number of rotatable bonds is 4. The first-order valence-corrected chi connectivity index (χ1v) is 9.93. The molecule has 0 amide bonds. The standard InChI is InChI=1S/C20H21F2N9/c1-23-18-16-12(13-3-4-14-17(26-13)25-8-7-24-14)5-10-31(16)29-19(28-18)27-15-6-9-30(2)11-20(15,21)22/h3-5,7-8,10,15H,6,9,11H2,1-2H3,(H2,23,27,28,29)/t15-/m1/s1.